The molecule has 1 aliphatic heterocycles. The molecule has 0 saturated carbocycles. The Kier molecular flexibility index (Phi) is 10.0. The van der Waals surface area contributed by atoms with Crippen LogP contribution < -0.4 is 14.8 Å². The van der Waals surface area contributed by atoms with Gasteiger partial charge in [0.15, 0.2) is 5.69 Å². The summed E-state index contributed by atoms with van der Waals surface area (Å²) in [6.07, 6.45) is -3.16. The molecule has 1 aromatic heterocycles. The van der Waals surface area contributed by atoms with Crippen LogP contribution in [0.25, 0.3) is 0 Å². The number of benzene rings is 2. The van der Waals surface area contributed by atoms with Crippen LogP contribution in [0.4, 0.5) is 13.2 Å². The molecule has 0 bridgehead atoms. The Morgan fingerprint density at radius 2 is 1.88 bits per heavy atom. The van der Waals surface area contributed by atoms with Crippen molar-refractivity contribution in [2.24, 2.45) is 0 Å². The van der Waals surface area contributed by atoms with Gasteiger partial charge in [-0.25, -0.2) is 4.98 Å². The highest BCUT2D eigenvalue weighted by molar-refractivity contribution is 5.91. The number of hydrogen-bond acceptors (Lipinski definition) is 8. The summed E-state index contributed by atoms with van der Waals surface area (Å²) in [4.78, 5) is 21.0. The highest BCUT2D eigenvalue weighted by Gasteiger charge is 2.30. The molecule has 0 atom stereocenters. The zero-order valence-electron chi connectivity index (χ0n) is 22.5. The minimum Gasteiger partial charge on any atom is -0.497 e. The third kappa shape index (κ3) is 8.20. The molecule has 1 amide bonds. The molecule has 0 radical (unpaired) electrons. The summed E-state index contributed by atoms with van der Waals surface area (Å²) in [6.45, 7) is 4.80. The Labute approximate surface area is 230 Å². The van der Waals surface area contributed by atoms with Crippen molar-refractivity contribution in [2.75, 3.05) is 53.6 Å². The number of ether oxygens (including phenoxy) is 3. The lowest BCUT2D eigenvalue weighted by Crippen LogP contribution is -2.41. The van der Waals surface area contributed by atoms with Gasteiger partial charge in [-0.15, -0.1) is 0 Å². The van der Waals surface area contributed by atoms with Crippen LogP contribution in [0.1, 0.15) is 33.1 Å². The van der Waals surface area contributed by atoms with E-state index >= 15 is 0 Å². The van der Waals surface area contributed by atoms with E-state index in [0.717, 1.165) is 30.8 Å². The molecule has 9 nitrogen and oxygen atoms in total. The van der Waals surface area contributed by atoms with E-state index in [4.69, 9.17) is 18.6 Å². The Morgan fingerprint density at radius 1 is 1.07 bits per heavy atom. The van der Waals surface area contributed by atoms with Crippen LogP contribution in [0.15, 0.2) is 53.1 Å². The van der Waals surface area contributed by atoms with Gasteiger partial charge in [0.05, 0.1) is 39.5 Å². The van der Waals surface area contributed by atoms with Gasteiger partial charge >= 0.3 is 6.18 Å². The zero-order valence-corrected chi connectivity index (χ0v) is 22.5. The van der Waals surface area contributed by atoms with E-state index in [1.807, 2.05) is 11.0 Å². The molecule has 3 aromatic rings. The molecule has 40 heavy (non-hydrogen) atoms. The van der Waals surface area contributed by atoms with Crippen molar-refractivity contribution in [3.63, 3.8) is 0 Å². The van der Waals surface area contributed by atoms with Crippen molar-refractivity contribution >= 4 is 5.91 Å². The Balaban J connectivity index is 1.47. The number of methoxy groups -OCH3 is 2. The van der Waals surface area contributed by atoms with Crippen molar-refractivity contribution in [1.82, 2.24) is 20.1 Å². The molecular weight excluding hydrogens is 529 g/mol. The second-order valence-electron chi connectivity index (χ2n) is 9.36. The van der Waals surface area contributed by atoms with Crippen molar-refractivity contribution in [3.8, 4) is 11.5 Å². The van der Waals surface area contributed by atoms with Crippen LogP contribution in [0, 0.1) is 0 Å². The maximum Gasteiger partial charge on any atom is 0.416 e. The molecule has 1 aliphatic rings. The average molecular weight is 563 g/mol. The first-order chi connectivity index (χ1) is 19.2. The maximum atomic E-state index is 13.3. The predicted octanol–water partition coefficient (Wildman–Crippen LogP) is 3.98. The highest BCUT2D eigenvalue weighted by atomic mass is 19.4. The van der Waals surface area contributed by atoms with Crippen molar-refractivity contribution in [1.29, 1.82) is 0 Å². The monoisotopic (exact) mass is 562 g/mol. The number of halogens is 3. The van der Waals surface area contributed by atoms with Gasteiger partial charge in [0.1, 0.15) is 17.8 Å². The number of carbonyl (C=O) groups is 1. The minimum atomic E-state index is -4.45. The van der Waals surface area contributed by atoms with Crippen molar-refractivity contribution in [3.05, 3.63) is 77.0 Å². The number of aromatic nitrogens is 1. The fourth-order valence-corrected chi connectivity index (χ4v) is 4.42. The first kappa shape index (κ1) is 29.4. The molecule has 0 unspecified atom stereocenters. The molecule has 12 heteroatoms. The van der Waals surface area contributed by atoms with Crippen LogP contribution in [0.3, 0.4) is 0 Å². The number of amides is 1. The molecular formula is C28H33F3N4O5. The van der Waals surface area contributed by atoms with E-state index in [-0.39, 0.29) is 30.6 Å². The van der Waals surface area contributed by atoms with Gasteiger partial charge in [0.2, 0.25) is 5.89 Å². The normalized spacial score (nSPS) is 14.3. The van der Waals surface area contributed by atoms with Gasteiger partial charge in [-0.1, -0.05) is 24.3 Å². The first-order valence-corrected chi connectivity index (χ1v) is 12.9. The number of nitrogens with zero attached hydrogens (tertiary/aromatic N) is 3. The van der Waals surface area contributed by atoms with Gasteiger partial charge in [-0.05, 0) is 17.7 Å². The molecule has 0 aliphatic carbocycles. The summed E-state index contributed by atoms with van der Waals surface area (Å²) >= 11 is 0. The third-order valence-corrected chi connectivity index (χ3v) is 6.51. The molecule has 4 rings (SSSR count). The van der Waals surface area contributed by atoms with Crippen LogP contribution in [0.5, 0.6) is 11.5 Å². The van der Waals surface area contributed by atoms with Gasteiger partial charge in [-0.3, -0.25) is 14.6 Å². The van der Waals surface area contributed by atoms with E-state index in [1.165, 1.54) is 19.4 Å². The summed E-state index contributed by atoms with van der Waals surface area (Å²) < 4.78 is 61.7. The number of nitrogens with one attached hydrogen (secondary N) is 1. The lowest BCUT2D eigenvalue weighted by atomic mass is 10.1. The largest absolute Gasteiger partial charge is 0.497 e. The number of oxazole rings is 1. The van der Waals surface area contributed by atoms with E-state index in [2.05, 4.69) is 15.2 Å². The van der Waals surface area contributed by atoms with Crippen LogP contribution >= 0.6 is 0 Å². The van der Waals surface area contributed by atoms with Crippen LogP contribution in [-0.2, 0) is 30.5 Å². The lowest BCUT2D eigenvalue weighted by Gasteiger charge is -2.26. The second kappa shape index (κ2) is 13.6. The number of hydrogen-bond donors (Lipinski definition) is 1. The number of carbonyl (C=O) groups excluding carboxylic acids is 1. The molecule has 2 heterocycles. The predicted molar refractivity (Wildman–Crippen MR) is 140 cm³/mol. The van der Waals surface area contributed by atoms with Crippen LogP contribution in [0.2, 0.25) is 0 Å². The molecule has 1 N–H and O–H groups in total. The summed E-state index contributed by atoms with van der Waals surface area (Å²) in [6, 6.07) is 10.5. The molecule has 1 saturated heterocycles. The summed E-state index contributed by atoms with van der Waals surface area (Å²) in [5.74, 6) is 1.09. The smallest absolute Gasteiger partial charge is 0.416 e. The van der Waals surface area contributed by atoms with E-state index in [1.54, 1.807) is 25.3 Å². The van der Waals surface area contributed by atoms with Gasteiger partial charge in [-0.2, -0.15) is 13.2 Å². The quantitative estimate of drug-likeness (QED) is 0.355. The zero-order chi connectivity index (χ0) is 28.5. The number of rotatable bonds is 12. The van der Waals surface area contributed by atoms with Crippen LogP contribution in [-0.4, -0.2) is 74.3 Å². The SMILES string of the molecule is COc1ccc(CN(Cc2cccc(C(F)(F)F)c2)Cc2nc(C(=O)NCCN3CCOCC3)co2)c(OC)c1. The van der Waals surface area contributed by atoms with E-state index in [9.17, 15) is 18.0 Å². The third-order valence-electron chi connectivity index (χ3n) is 6.51. The number of morpholine rings is 1. The maximum absolute atomic E-state index is 13.3. The van der Waals surface area contributed by atoms with Crippen molar-refractivity contribution < 1.29 is 36.6 Å². The molecule has 1 fully saturated rings. The van der Waals surface area contributed by atoms with Crippen molar-refractivity contribution in [2.45, 2.75) is 25.8 Å². The van der Waals surface area contributed by atoms with Gasteiger partial charge in [0.25, 0.3) is 5.91 Å². The van der Waals surface area contributed by atoms with Gasteiger partial charge in [0, 0.05) is 50.9 Å². The average Bonchev–Trinajstić information content (AvgIpc) is 3.42. The van der Waals surface area contributed by atoms with Gasteiger partial charge < -0.3 is 23.9 Å². The van der Waals surface area contributed by atoms with E-state index < -0.39 is 11.7 Å². The molecule has 0 spiro atoms. The lowest BCUT2D eigenvalue weighted by molar-refractivity contribution is -0.137. The summed E-state index contributed by atoms with van der Waals surface area (Å²) in [5, 5.41) is 2.85. The van der Waals surface area contributed by atoms with E-state index in [0.29, 0.717) is 49.9 Å². The minimum absolute atomic E-state index is 0.137. The first-order valence-electron chi connectivity index (χ1n) is 12.9. The summed E-state index contributed by atoms with van der Waals surface area (Å²) in [7, 11) is 3.08. The Hall–Kier alpha value is -3.61. The molecule has 2 aromatic carbocycles. The highest BCUT2D eigenvalue weighted by Crippen LogP contribution is 2.31. The second-order valence-corrected chi connectivity index (χ2v) is 9.36. The fourth-order valence-electron chi connectivity index (χ4n) is 4.42. The topological polar surface area (TPSA) is 89.3 Å². The Bertz CT molecular complexity index is 1260. The standard InChI is InChI=1S/C28H33F3N4O5/c1-37-23-7-6-21(25(15-23)38-2)17-35(16-20-4-3-5-22(14-20)28(29,30)31)18-26-33-24(19-40-26)27(36)32-8-9-34-10-12-39-13-11-34/h3-7,14-15,19H,8-13,16-18H2,1-2H3,(H,32,36). The number of alkyl halides is 3. The molecule has 216 valence electrons. The summed E-state index contributed by atoms with van der Waals surface area (Å²) in [5.41, 5.74) is 0.676. The Morgan fingerprint density at radius 3 is 2.60 bits per heavy atom. The fraction of sp³-hybridized carbons (Fsp3) is 0.429.